The predicted molar refractivity (Wildman–Crippen MR) is 89.7 cm³/mol. The van der Waals surface area contributed by atoms with Crippen molar-refractivity contribution in [1.29, 1.82) is 0 Å². The van der Waals surface area contributed by atoms with Crippen LogP contribution in [0.1, 0.15) is 10.4 Å². The van der Waals surface area contributed by atoms with Gasteiger partial charge < -0.3 is 9.47 Å². The SMILES string of the molecule is COC(=O)c1ccccc1Oc1ccc(-c2ccccc2)cc1. The van der Waals surface area contributed by atoms with Gasteiger partial charge in [-0.3, -0.25) is 0 Å². The molecular formula is C20H16O3. The van der Waals surface area contributed by atoms with Crippen LogP contribution in [0.4, 0.5) is 0 Å². The van der Waals surface area contributed by atoms with Crippen molar-refractivity contribution >= 4 is 5.97 Å². The number of carbonyl (C=O) groups is 1. The molecule has 0 heterocycles. The number of hydrogen-bond donors (Lipinski definition) is 0. The topological polar surface area (TPSA) is 35.5 Å². The lowest BCUT2D eigenvalue weighted by atomic mass is 10.1. The van der Waals surface area contributed by atoms with Crippen molar-refractivity contribution in [2.75, 3.05) is 7.11 Å². The minimum Gasteiger partial charge on any atom is -0.465 e. The lowest BCUT2D eigenvalue weighted by Gasteiger charge is -2.10. The zero-order valence-electron chi connectivity index (χ0n) is 12.7. The Morgan fingerprint density at radius 1 is 0.739 bits per heavy atom. The molecule has 3 rings (SSSR count). The standard InChI is InChI=1S/C20H16O3/c1-22-20(21)18-9-5-6-10-19(18)23-17-13-11-16(12-14-17)15-7-3-2-4-8-15/h2-14H,1H3. The van der Waals surface area contributed by atoms with Crippen molar-refractivity contribution in [3.8, 4) is 22.6 Å². The molecule has 0 N–H and O–H groups in total. The maximum Gasteiger partial charge on any atom is 0.341 e. The zero-order valence-corrected chi connectivity index (χ0v) is 12.7. The quantitative estimate of drug-likeness (QED) is 0.641. The maximum atomic E-state index is 11.8. The van der Waals surface area contributed by atoms with E-state index in [0.29, 0.717) is 17.1 Å². The van der Waals surface area contributed by atoms with E-state index in [1.54, 1.807) is 18.2 Å². The van der Waals surface area contributed by atoms with Crippen molar-refractivity contribution in [3.05, 3.63) is 84.4 Å². The van der Waals surface area contributed by atoms with Gasteiger partial charge in [0.25, 0.3) is 0 Å². The molecule has 23 heavy (non-hydrogen) atoms. The Morgan fingerprint density at radius 2 is 1.35 bits per heavy atom. The fraction of sp³-hybridized carbons (Fsp3) is 0.0500. The number of carbonyl (C=O) groups excluding carboxylic acids is 1. The molecule has 3 aromatic carbocycles. The number of para-hydroxylation sites is 1. The van der Waals surface area contributed by atoms with Gasteiger partial charge >= 0.3 is 5.97 Å². The highest BCUT2D eigenvalue weighted by Crippen LogP contribution is 2.28. The Morgan fingerprint density at radius 3 is 2.04 bits per heavy atom. The van der Waals surface area contributed by atoms with E-state index in [1.165, 1.54) is 7.11 Å². The summed E-state index contributed by atoms with van der Waals surface area (Å²) >= 11 is 0. The molecule has 0 spiro atoms. The molecule has 0 aliphatic rings. The third-order valence-electron chi connectivity index (χ3n) is 3.48. The molecule has 0 saturated heterocycles. The first-order valence-electron chi connectivity index (χ1n) is 7.28. The first-order valence-corrected chi connectivity index (χ1v) is 7.28. The number of methoxy groups -OCH3 is 1. The summed E-state index contributed by atoms with van der Waals surface area (Å²) in [4.78, 5) is 11.8. The molecular weight excluding hydrogens is 288 g/mol. The van der Waals surface area contributed by atoms with Crippen molar-refractivity contribution in [3.63, 3.8) is 0 Å². The lowest BCUT2D eigenvalue weighted by Crippen LogP contribution is -2.03. The molecule has 3 nitrogen and oxygen atoms in total. The minimum atomic E-state index is -0.415. The van der Waals surface area contributed by atoms with Gasteiger partial charge in [0.05, 0.1) is 7.11 Å². The predicted octanol–water partition coefficient (Wildman–Crippen LogP) is 4.93. The molecule has 114 valence electrons. The number of hydrogen-bond acceptors (Lipinski definition) is 3. The van der Waals surface area contributed by atoms with Gasteiger partial charge in [0.1, 0.15) is 17.1 Å². The van der Waals surface area contributed by atoms with Crippen LogP contribution in [-0.2, 0) is 4.74 Å². The molecule has 0 aromatic heterocycles. The lowest BCUT2D eigenvalue weighted by molar-refractivity contribution is 0.0598. The van der Waals surface area contributed by atoms with Crippen molar-refractivity contribution in [2.24, 2.45) is 0 Å². The first kappa shape index (κ1) is 14.9. The molecule has 0 bridgehead atoms. The van der Waals surface area contributed by atoms with Crippen LogP contribution >= 0.6 is 0 Å². The summed E-state index contributed by atoms with van der Waals surface area (Å²) in [5, 5.41) is 0. The molecule has 0 unspecified atom stereocenters. The van der Waals surface area contributed by atoms with Gasteiger partial charge in [0, 0.05) is 0 Å². The van der Waals surface area contributed by atoms with E-state index in [9.17, 15) is 4.79 Å². The highest BCUT2D eigenvalue weighted by Gasteiger charge is 2.12. The summed E-state index contributed by atoms with van der Waals surface area (Å²) in [6, 6.07) is 24.9. The number of esters is 1. The molecule has 0 saturated carbocycles. The fourth-order valence-electron chi connectivity index (χ4n) is 2.31. The Hall–Kier alpha value is -3.07. The van der Waals surface area contributed by atoms with E-state index in [1.807, 2.05) is 48.5 Å². The second-order valence-electron chi connectivity index (χ2n) is 4.98. The highest BCUT2D eigenvalue weighted by atomic mass is 16.5. The van der Waals surface area contributed by atoms with E-state index in [-0.39, 0.29) is 0 Å². The summed E-state index contributed by atoms with van der Waals surface area (Å²) in [7, 11) is 1.35. The van der Waals surface area contributed by atoms with Crippen molar-refractivity contribution < 1.29 is 14.3 Å². The first-order chi connectivity index (χ1) is 11.3. The van der Waals surface area contributed by atoms with Crippen LogP contribution in [0.25, 0.3) is 11.1 Å². The van der Waals surface area contributed by atoms with Gasteiger partial charge in [0.2, 0.25) is 0 Å². The van der Waals surface area contributed by atoms with Crippen LogP contribution < -0.4 is 4.74 Å². The van der Waals surface area contributed by atoms with Gasteiger partial charge in [0.15, 0.2) is 0 Å². The van der Waals surface area contributed by atoms with Crippen LogP contribution in [-0.4, -0.2) is 13.1 Å². The number of ether oxygens (including phenoxy) is 2. The normalized spacial score (nSPS) is 10.1. The molecule has 3 heteroatoms. The summed E-state index contributed by atoms with van der Waals surface area (Å²) in [6.07, 6.45) is 0. The molecule has 0 amide bonds. The second-order valence-corrected chi connectivity index (χ2v) is 4.98. The third kappa shape index (κ3) is 3.40. The molecule has 0 radical (unpaired) electrons. The van der Waals surface area contributed by atoms with Crippen LogP contribution in [0.2, 0.25) is 0 Å². The fourth-order valence-corrected chi connectivity index (χ4v) is 2.31. The van der Waals surface area contributed by atoms with Gasteiger partial charge in [-0.25, -0.2) is 4.79 Å². The van der Waals surface area contributed by atoms with Crippen LogP contribution in [0, 0.1) is 0 Å². The second kappa shape index (κ2) is 6.79. The van der Waals surface area contributed by atoms with E-state index < -0.39 is 5.97 Å². The van der Waals surface area contributed by atoms with E-state index in [4.69, 9.17) is 9.47 Å². The van der Waals surface area contributed by atoms with E-state index in [0.717, 1.165) is 11.1 Å². The maximum absolute atomic E-state index is 11.8. The summed E-state index contributed by atoms with van der Waals surface area (Å²) in [5.74, 6) is 0.731. The Kier molecular flexibility index (Phi) is 4.39. The van der Waals surface area contributed by atoms with Crippen LogP contribution in [0.15, 0.2) is 78.9 Å². The van der Waals surface area contributed by atoms with E-state index in [2.05, 4.69) is 12.1 Å². The molecule has 0 atom stereocenters. The largest absolute Gasteiger partial charge is 0.465 e. The number of rotatable bonds is 4. The van der Waals surface area contributed by atoms with Gasteiger partial charge in [-0.1, -0.05) is 54.6 Å². The van der Waals surface area contributed by atoms with Gasteiger partial charge in [-0.05, 0) is 35.4 Å². The third-order valence-corrected chi connectivity index (χ3v) is 3.48. The summed E-state index contributed by atoms with van der Waals surface area (Å²) in [5.41, 5.74) is 2.66. The minimum absolute atomic E-state index is 0.405. The average molecular weight is 304 g/mol. The Labute approximate surface area is 135 Å². The van der Waals surface area contributed by atoms with Crippen molar-refractivity contribution in [2.45, 2.75) is 0 Å². The smallest absolute Gasteiger partial charge is 0.341 e. The Bertz CT molecular complexity index is 793. The molecule has 0 fully saturated rings. The van der Waals surface area contributed by atoms with Crippen LogP contribution in [0.5, 0.6) is 11.5 Å². The Balaban J connectivity index is 1.83. The molecule has 0 aliphatic heterocycles. The monoisotopic (exact) mass is 304 g/mol. The number of benzene rings is 3. The summed E-state index contributed by atoms with van der Waals surface area (Å²) in [6.45, 7) is 0. The van der Waals surface area contributed by atoms with Crippen LogP contribution in [0.3, 0.4) is 0 Å². The zero-order chi connectivity index (χ0) is 16.1. The molecule has 0 aliphatic carbocycles. The van der Waals surface area contributed by atoms with E-state index >= 15 is 0 Å². The van der Waals surface area contributed by atoms with Gasteiger partial charge in [-0.15, -0.1) is 0 Å². The molecule has 3 aromatic rings. The summed E-state index contributed by atoms with van der Waals surface area (Å²) < 4.78 is 10.6. The average Bonchev–Trinajstić information content (AvgIpc) is 2.63. The van der Waals surface area contributed by atoms with Crippen molar-refractivity contribution in [1.82, 2.24) is 0 Å². The van der Waals surface area contributed by atoms with Gasteiger partial charge in [-0.2, -0.15) is 0 Å². The highest BCUT2D eigenvalue weighted by molar-refractivity contribution is 5.92.